The second kappa shape index (κ2) is 4.29. The molecule has 0 bridgehead atoms. The molecule has 2 nitrogen and oxygen atoms in total. The smallest absolute Gasteiger partial charge is 0.123 e. The lowest BCUT2D eigenvalue weighted by molar-refractivity contribution is 0.214. The van der Waals surface area contributed by atoms with Crippen LogP contribution in [0.1, 0.15) is 23.6 Å². The predicted octanol–water partition coefficient (Wildman–Crippen LogP) is 1.78. The van der Waals surface area contributed by atoms with Crippen molar-refractivity contribution in [1.29, 1.82) is 0 Å². The second-order valence-corrected chi connectivity index (χ2v) is 4.16. The largest absolute Gasteiger partial charge is 0.396 e. The Morgan fingerprint density at radius 2 is 2.33 bits per heavy atom. The lowest BCUT2D eigenvalue weighted by atomic mass is 9.92. The Morgan fingerprint density at radius 1 is 1.53 bits per heavy atom. The molecule has 0 radical (unpaired) electrons. The summed E-state index contributed by atoms with van der Waals surface area (Å²) in [6, 6.07) is 5.02. The van der Waals surface area contributed by atoms with Gasteiger partial charge in [-0.05, 0) is 43.1 Å². The Balaban J connectivity index is 2.28. The van der Waals surface area contributed by atoms with E-state index in [1.807, 2.05) is 13.0 Å². The fourth-order valence-corrected chi connectivity index (χ4v) is 2.31. The van der Waals surface area contributed by atoms with Gasteiger partial charge in [0.25, 0.3) is 0 Å². The first kappa shape index (κ1) is 10.6. The Labute approximate surface area is 89.1 Å². The molecule has 15 heavy (non-hydrogen) atoms. The number of aryl methyl sites for hydroxylation is 1. The molecule has 2 atom stereocenters. The maximum Gasteiger partial charge on any atom is 0.123 e. The van der Waals surface area contributed by atoms with Crippen molar-refractivity contribution in [1.82, 2.24) is 5.32 Å². The summed E-state index contributed by atoms with van der Waals surface area (Å²) in [4.78, 5) is 0. The van der Waals surface area contributed by atoms with Crippen LogP contribution in [-0.2, 0) is 0 Å². The highest BCUT2D eigenvalue weighted by Crippen LogP contribution is 2.31. The van der Waals surface area contributed by atoms with Gasteiger partial charge in [0.1, 0.15) is 5.82 Å². The summed E-state index contributed by atoms with van der Waals surface area (Å²) in [5, 5.41) is 12.6. The van der Waals surface area contributed by atoms with Gasteiger partial charge in [0.15, 0.2) is 0 Å². The number of benzene rings is 1. The molecule has 0 aromatic heterocycles. The molecule has 2 rings (SSSR count). The molecule has 1 fully saturated rings. The standard InChI is InChI=1S/C12H16FNO/c1-8-6-10(13)2-3-11(8)12-9(7-15)4-5-14-12/h2-3,6,9,12,14-15H,4-5,7H2,1H3/t9-,12+/m1/s1. The molecular formula is C12H16FNO. The summed E-state index contributed by atoms with van der Waals surface area (Å²) in [5.74, 6) is 0.0592. The van der Waals surface area contributed by atoms with Crippen molar-refractivity contribution in [3.05, 3.63) is 35.1 Å². The third-order valence-corrected chi connectivity index (χ3v) is 3.15. The van der Waals surface area contributed by atoms with E-state index in [4.69, 9.17) is 0 Å². The van der Waals surface area contributed by atoms with Crippen molar-refractivity contribution < 1.29 is 9.50 Å². The van der Waals surface area contributed by atoms with Crippen molar-refractivity contribution in [3.8, 4) is 0 Å². The van der Waals surface area contributed by atoms with Crippen LogP contribution < -0.4 is 5.32 Å². The SMILES string of the molecule is Cc1cc(F)ccc1[C@H]1NCC[C@@H]1CO. The molecule has 3 heteroatoms. The first-order valence-electron chi connectivity index (χ1n) is 5.32. The van der Waals surface area contributed by atoms with E-state index in [0.717, 1.165) is 24.1 Å². The van der Waals surface area contributed by atoms with Crippen molar-refractivity contribution in [2.75, 3.05) is 13.2 Å². The van der Waals surface area contributed by atoms with Crippen molar-refractivity contribution in [2.24, 2.45) is 5.92 Å². The van der Waals surface area contributed by atoms with Crippen LogP contribution in [0.3, 0.4) is 0 Å². The van der Waals surface area contributed by atoms with Crippen LogP contribution in [0, 0.1) is 18.7 Å². The zero-order valence-corrected chi connectivity index (χ0v) is 8.83. The summed E-state index contributed by atoms with van der Waals surface area (Å²) in [5.41, 5.74) is 2.06. The predicted molar refractivity (Wildman–Crippen MR) is 57.1 cm³/mol. The van der Waals surface area contributed by atoms with Gasteiger partial charge in [-0.2, -0.15) is 0 Å². The van der Waals surface area contributed by atoms with E-state index in [0.29, 0.717) is 0 Å². The molecule has 2 N–H and O–H groups in total. The van der Waals surface area contributed by atoms with Gasteiger partial charge in [-0.1, -0.05) is 6.07 Å². The van der Waals surface area contributed by atoms with E-state index < -0.39 is 0 Å². The summed E-state index contributed by atoms with van der Waals surface area (Å²) in [6.45, 7) is 3.02. The van der Waals surface area contributed by atoms with E-state index in [9.17, 15) is 9.50 Å². The third kappa shape index (κ3) is 2.03. The number of nitrogens with one attached hydrogen (secondary N) is 1. The monoisotopic (exact) mass is 209 g/mol. The van der Waals surface area contributed by atoms with Crippen LogP contribution in [0.25, 0.3) is 0 Å². The normalized spacial score (nSPS) is 25.8. The molecule has 1 heterocycles. The van der Waals surface area contributed by atoms with Gasteiger partial charge in [-0.3, -0.25) is 0 Å². The number of rotatable bonds is 2. The first-order valence-corrected chi connectivity index (χ1v) is 5.32. The highest BCUT2D eigenvalue weighted by molar-refractivity contribution is 5.30. The van der Waals surface area contributed by atoms with Gasteiger partial charge in [0.05, 0.1) is 0 Å². The van der Waals surface area contributed by atoms with Crippen LogP contribution in [0.4, 0.5) is 4.39 Å². The van der Waals surface area contributed by atoms with Gasteiger partial charge in [-0.25, -0.2) is 4.39 Å². The Morgan fingerprint density at radius 3 is 3.00 bits per heavy atom. The lowest BCUT2D eigenvalue weighted by Gasteiger charge is -2.19. The van der Waals surface area contributed by atoms with Gasteiger partial charge >= 0.3 is 0 Å². The van der Waals surface area contributed by atoms with E-state index in [1.165, 1.54) is 6.07 Å². The highest BCUT2D eigenvalue weighted by Gasteiger charge is 2.28. The van der Waals surface area contributed by atoms with Gasteiger partial charge in [-0.15, -0.1) is 0 Å². The number of aliphatic hydroxyl groups excluding tert-OH is 1. The van der Waals surface area contributed by atoms with Gasteiger partial charge in [0, 0.05) is 18.6 Å². The van der Waals surface area contributed by atoms with Crippen LogP contribution in [0.5, 0.6) is 0 Å². The summed E-state index contributed by atoms with van der Waals surface area (Å²) < 4.78 is 12.9. The zero-order valence-electron chi connectivity index (χ0n) is 8.83. The Kier molecular flexibility index (Phi) is 3.03. The third-order valence-electron chi connectivity index (χ3n) is 3.15. The molecule has 0 saturated carbocycles. The summed E-state index contributed by atoms with van der Waals surface area (Å²) >= 11 is 0. The van der Waals surface area contributed by atoms with E-state index in [1.54, 1.807) is 6.07 Å². The second-order valence-electron chi connectivity index (χ2n) is 4.16. The molecular weight excluding hydrogens is 193 g/mol. The fraction of sp³-hybridized carbons (Fsp3) is 0.500. The lowest BCUT2D eigenvalue weighted by Crippen LogP contribution is -2.20. The average Bonchev–Trinajstić information content (AvgIpc) is 2.65. The molecule has 1 aliphatic heterocycles. The molecule has 0 amide bonds. The molecule has 1 aliphatic rings. The van der Waals surface area contributed by atoms with Crippen molar-refractivity contribution in [3.63, 3.8) is 0 Å². The number of hydrogen-bond acceptors (Lipinski definition) is 2. The minimum Gasteiger partial charge on any atom is -0.396 e. The molecule has 0 spiro atoms. The minimum absolute atomic E-state index is 0.176. The van der Waals surface area contributed by atoms with Crippen LogP contribution in [0.15, 0.2) is 18.2 Å². The molecule has 1 aromatic rings. The molecule has 1 saturated heterocycles. The van der Waals surface area contributed by atoms with Crippen LogP contribution >= 0.6 is 0 Å². The Bertz CT molecular complexity index is 353. The molecule has 1 aromatic carbocycles. The quantitative estimate of drug-likeness (QED) is 0.778. The van der Waals surface area contributed by atoms with Gasteiger partial charge in [0.2, 0.25) is 0 Å². The fourth-order valence-electron chi connectivity index (χ4n) is 2.31. The zero-order chi connectivity index (χ0) is 10.8. The number of halogens is 1. The van der Waals surface area contributed by atoms with Crippen molar-refractivity contribution in [2.45, 2.75) is 19.4 Å². The number of aliphatic hydroxyl groups is 1. The van der Waals surface area contributed by atoms with Crippen LogP contribution in [-0.4, -0.2) is 18.3 Å². The van der Waals surface area contributed by atoms with E-state index >= 15 is 0 Å². The maximum atomic E-state index is 12.9. The topological polar surface area (TPSA) is 32.3 Å². The molecule has 0 aliphatic carbocycles. The summed E-state index contributed by atoms with van der Waals surface area (Å²) in [7, 11) is 0. The molecule has 0 unspecified atom stereocenters. The van der Waals surface area contributed by atoms with Gasteiger partial charge < -0.3 is 10.4 Å². The average molecular weight is 209 g/mol. The highest BCUT2D eigenvalue weighted by atomic mass is 19.1. The van der Waals surface area contributed by atoms with E-state index in [2.05, 4.69) is 5.32 Å². The number of hydrogen-bond donors (Lipinski definition) is 2. The Hall–Kier alpha value is -0.930. The first-order chi connectivity index (χ1) is 7.22. The van der Waals surface area contributed by atoms with E-state index in [-0.39, 0.29) is 24.4 Å². The minimum atomic E-state index is -0.199. The summed E-state index contributed by atoms with van der Waals surface area (Å²) in [6.07, 6.45) is 0.984. The van der Waals surface area contributed by atoms with Crippen LogP contribution in [0.2, 0.25) is 0 Å². The molecule has 82 valence electrons. The van der Waals surface area contributed by atoms with Crippen molar-refractivity contribution >= 4 is 0 Å². The maximum absolute atomic E-state index is 12.9.